The van der Waals surface area contributed by atoms with Gasteiger partial charge in [0.1, 0.15) is 11.0 Å². The Morgan fingerprint density at radius 2 is 1.82 bits per heavy atom. The molecule has 170 valence electrons. The molecule has 0 fully saturated rings. The van der Waals surface area contributed by atoms with Crippen LogP contribution in [0, 0.1) is 13.8 Å². The maximum atomic E-state index is 12.9. The molecule has 0 amide bonds. The minimum atomic E-state index is -2.96. The molecule has 1 aliphatic heterocycles. The first-order valence-corrected chi connectivity index (χ1v) is 10.8. The molecule has 33 heavy (non-hydrogen) atoms. The number of rotatable bonds is 5. The predicted molar refractivity (Wildman–Crippen MR) is 121 cm³/mol. The van der Waals surface area contributed by atoms with E-state index in [-0.39, 0.29) is 5.88 Å². The number of nitrogens with zero attached hydrogens (tertiary/aromatic N) is 6. The molecule has 0 N–H and O–H groups in total. The van der Waals surface area contributed by atoms with Crippen LogP contribution in [0.5, 0.6) is 5.88 Å². The number of pyridine rings is 1. The lowest BCUT2D eigenvalue weighted by Gasteiger charge is -2.31. The second-order valence-corrected chi connectivity index (χ2v) is 8.19. The van der Waals surface area contributed by atoms with Crippen molar-refractivity contribution < 1.29 is 13.5 Å². The van der Waals surface area contributed by atoms with Crippen LogP contribution in [0.15, 0.2) is 48.7 Å². The van der Waals surface area contributed by atoms with E-state index < -0.39 is 6.61 Å². The molecule has 0 atom stereocenters. The molecule has 1 aliphatic rings. The number of fused-ring (bicyclic) bond motifs is 1. The lowest BCUT2D eigenvalue weighted by atomic mass is 10.1. The molecule has 0 aliphatic carbocycles. The molecule has 0 bridgehead atoms. The second kappa shape index (κ2) is 8.47. The fourth-order valence-corrected chi connectivity index (χ4v) is 4.48. The third-order valence-corrected chi connectivity index (χ3v) is 5.94. The topological polar surface area (TPSA) is 61.0 Å². The molecular weight excluding hydrogens is 450 g/mol. The van der Waals surface area contributed by atoms with Crippen molar-refractivity contribution in [1.29, 1.82) is 0 Å². The van der Waals surface area contributed by atoms with Crippen molar-refractivity contribution in [1.82, 2.24) is 24.3 Å². The fraction of sp³-hybridized carbons (Fsp3) is 0.261. The Labute approximate surface area is 194 Å². The quantitative estimate of drug-likeness (QED) is 0.410. The Hall–Kier alpha value is -3.46. The summed E-state index contributed by atoms with van der Waals surface area (Å²) < 4.78 is 34.3. The van der Waals surface area contributed by atoms with E-state index in [0.29, 0.717) is 23.0 Å². The molecule has 4 aromatic rings. The third kappa shape index (κ3) is 4.04. The largest absolute Gasteiger partial charge is 0.416 e. The monoisotopic (exact) mass is 470 g/mol. The van der Waals surface area contributed by atoms with Gasteiger partial charge in [-0.15, -0.1) is 0 Å². The highest BCUT2D eigenvalue weighted by Gasteiger charge is 2.26. The van der Waals surface area contributed by atoms with Gasteiger partial charge >= 0.3 is 6.61 Å². The minimum Gasteiger partial charge on any atom is -0.416 e. The first kappa shape index (κ1) is 21.4. The number of alkyl halides is 2. The average Bonchev–Trinajstić information content (AvgIpc) is 3.31. The number of anilines is 1. The van der Waals surface area contributed by atoms with Crippen molar-refractivity contribution in [2.24, 2.45) is 0 Å². The molecule has 10 heteroatoms. The van der Waals surface area contributed by atoms with E-state index in [1.165, 1.54) is 6.20 Å². The van der Waals surface area contributed by atoms with Crippen molar-refractivity contribution in [2.75, 3.05) is 11.4 Å². The highest BCUT2D eigenvalue weighted by molar-refractivity contribution is 6.29. The van der Waals surface area contributed by atoms with Crippen molar-refractivity contribution >= 4 is 17.3 Å². The minimum absolute atomic E-state index is 0.124. The van der Waals surface area contributed by atoms with E-state index in [1.807, 2.05) is 44.2 Å². The van der Waals surface area contributed by atoms with Gasteiger partial charge in [0.05, 0.1) is 34.9 Å². The van der Waals surface area contributed by atoms with Crippen molar-refractivity contribution in [3.63, 3.8) is 0 Å². The molecule has 0 saturated heterocycles. The van der Waals surface area contributed by atoms with Gasteiger partial charge in [0.2, 0.25) is 5.88 Å². The van der Waals surface area contributed by atoms with E-state index in [9.17, 15) is 8.78 Å². The van der Waals surface area contributed by atoms with Crippen LogP contribution in [0.1, 0.15) is 17.2 Å². The lowest BCUT2D eigenvalue weighted by molar-refractivity contribution is -0.0524. The fourth-order valence-electron chi connectivity index (χ4n) is 4.19. The molecule has 5 rings (SSSR count). The van der Waals surface area contributed by atoms with Gasteiger partial charge in [-0.25, -0.2) is 14.6 Å². The summed E-state index contributed by atoms with van der Waals surface area (Å²) in [6.07, 6.45) is 1.43. The molecule has 0 unspecified atom stereocenters. The standard InChI is InChI=1S/C23H21ClF2N6O/c1-14-12-20(24)32(29-14)17-7-5-16(6-8-17)30-10-11-31-15(2)28-21(19(31)13-30)18-4-3-9-27-22(18)33-23(25)26/h3-9,12,23H,10-11,13H2,1-2H3. The van der Waals surface area contributed by atoms with Gasteiger partial charge in [0.25, 0.3) is 0 Å². The van der Waals surface area contributed by atoms with Crippen LogP contribution in [-0.2, 0) is 13.1 Å². The summed E-state index contributed by atoms with van der Waals surface area (Å²) in [5.74, 6) is 0.701. The number of aromatic nitrogens is 5. The summed E-state index contributed by atoms with van der Waals surface area (Å²) in [6.45, 7) is 2.94. The van der Waals surface area contributed by atoms with Crippen molar-refractivity contribution in [3.8, 4) is 22.8 Å². The summed E-state index contributed by atoms with van der Waals surface area (Å²) in [4.78, 5) is 10.9. The summed E-state index contributed by atoms with van der Waals surface area (Å²) >= 11 is 6.26. The first-order chi connectivity index (χ1) is 15.9. The Kier molecular flexibility index (Phi) is 5.49. The highest BCUT2D eigenvalue weighted by atomic mass is 35.5. The number of ether oxygens (including phenoxy) is 1. The Morgan fingerprint density at radius 3 is 2.52 bits per heavy atom. The molecule has 1 aromatic carbocycles. The number of hydrogen-bond acceptors (Lipinski definition) is 5. The number of benzene rings is 1. The zero-order valence-corrected chi connectivity index (χ0v) is 18.8. The van der Waals surface area contributed by atoms with Crippen LogP contribution in [-0.4, -0.2) is 37.5 Å². The van der Waals surface area contributed by atoms with Gasteiger partial charge in [0.15, 0.2) is 0 Å². The van der Waals surface area contributed by atoms with Crippen LogP contribution in [0.4, 0.5) is 14.5 Å². The van der Waals surface area contributed by atoms with E-state index in [0.717, 1.165) is 41.7 Å². The van der Waals surface area contributed by atoms with E-state index >= 15 is 0 Å². The normalized spacial score (nSPS) is 13.5. The van der Waals surface area contributed by atoms with Gasteiger partial charge in [-0.05, 0) is 56.3 Å². The zero-order valence-electron chi connectivity index (χ0n) is 18.0. The smallest absolute Gasteiger partial charge is 0.388 e. The van der Waals surface area contributed by atoms with Gasteiger partial charge in [-0.2, -0.15) is 13.9 Å². The van der Waals surface area contributed by atoms with Crippen molar-refractivity contribution in [2.45, 2.75) is 33.5 Å². The van der Waals surface area contributed by atoms with Crippen LogP contribution < -0.4 is 9.64 Å². The zero-order chi connectivity index (χ0) is 23.1. The van der Waals surface area contributed by atoms with E-state index in [4.69, 9.17) is 11.6 Å². The highest BCUT2D eigenvalue weighted by Crippen LogP contribution is 2.34. The van der Waals surface area contributed by atoms with Crippen molar-refractivity contribution in [3.05, 3.63) is 71.0 Å². The third-order valence-electron chi connectivity index (χ3n) is 5.67. The van der Waals surface area contributed by atoms with Crippen LogP contribution in [0.2, 0.25) is 5.15 Å². The SMILES string of the molecule is Cc1cc(Cl)n(-c2ccc(N3CCn4c(C)nc(-c5cccnc5OC(F)F)c4C3)cc2)n1. The van der Waals surface area contributed by atoms with E-state index in [2.05, 4.69) is 29.3 Å². The molecule has 7 nitrogen and oxygen atoms in total. The number of hydrogen-bond donors (Lipinski definition) is 0. The first-order valence-electron chi connectivity index (χ1n) is 10.4. The molecular formula is C23H21ClF2N6O. The maximum Gasteiger partial charge on any atom is 0.388 e. The summed E-state index contributed by atoms with van der Waals surface area (Å²) in [6, 6.07) is 13.2. The molecule has 3 aromatic heterocycles. The number of aryl methyl sites for hydroxylation is 2. The summed E-state index contributed by atoms with van der Waals surface area (Å²) in [5, 5.41) is 4.97. The van der Waals surface area contributed by atoms with Crippen LogP contribution in [0.25, 0.3) is 16.9 Å². The van der Waals surface area contributed by atoms with Gasteiger partial charge in [-0.1, -0.05) is 11.6 Å². The second-order valence-electron chi connectivity index (χ2n) is 7.80. The molecule has 0 spiro atoms. The molecule has 0 radical (unpaired) electrons. The van der Waals surface area contributed by atoms with Gasteiger partial charge in [0, 0.05) is 25.0 Å². The maximum absolute atomic E-state index is 12.9. The summed E-state index contributed by atoms with van der Waals surface area (Å²) in [7, 11) is 0. The van der Waals surface area contributed by atoms with Crippen LogP contribution in [0.3, 0.4) is 0 Å². The van der Waals surface area contributed by atoms with E-state index in [1.54, 1.807) is 16.8 Å². The number of halogens is 3. The Balaban J connectivity index is 1.46. The van der Waals surface area contributed by atoms with Crippen LogP contribution >= 0.6 is 11.6 Å². The van der Waals surface area contributed by atoms with Gasteiger partial charge in [-0.3, -0.25) is 0 Å². The number of imidazole rings is 1. The summed E-state index contributed by atoms with van der Waals surface area (Å²) in [5.41, 5.74) is 4.75. The lowest BCUT2D eigenvalue weighted by Crippen LogP contribution is -2.34. The van der Waals surface area contributed by atoms with Gasteiger partial charge < -0.3 is 14.2 Å². The average molecular weight is 471 g/mol. The molecule has 4 heterocycles. The predicted octanol–water partition coefficient (Wildman–Crippen LogP) is 5.02. The Morgan fingerprint density at radius 1 is 1.06 bits per heavy atom. The Bertz CT molecular complexity index is 1300. The molecule has 0 saturated carbocycles.